The highest BCUT2D eigenvalue weighted by Crippen LogP contribution is 2.45. The second-order valence-corrected chi connectivity index (χ2v) is 6.94. The molecule has 0 radical (unpaired) electrons. The first-order chi connectivity index (χ1) is 11.7. The van der Waals surface area contributed by atoms with E-state index in [1.165, 1.54) is 34.2 Å². The molecular formula is C21H24N2O. The fourth-order valence-corrected chi connectivity index (χ4v) is 4.34. The van der Waals surface area contributed by atoms with Gasteiger partial charge in [-0.05, 0) is 65.8 Å². The molecule has 1 aliphatic carbocycles. The molecule has 0 saturated carbocycles. The van der Waals surface area contributed by atoms with Crippen molar-refractivity contribution in [3.05, 3.63) is 53.1 Å². The zero-order valence-corrected chi connectivity index (χ0v) is 14.4. The summed E-state index contributed by atoms with van der Waals surface area (Å²) in [6, 6.07) is 13.6. The lowest BCUT2D eigenvalue weighted by Crippen LogP contribution is -2.38. The number of fused-ring (bicyclic) bond motifs is 2. The first kappa shape index (κ1) is 15.4. The molecular weight excluding hydrogens is 296 g/mol. The van der Waals surface area contributed by atoms with Crippen LogP contribution < -0.4 is 5.32 Å². The standard InChI is InChI=1S/C21H24N2O/c1-3-10-23-11-9-15-5-4-6-18-19-13-17(22-14(2)24)8-7-16(19)12-20(23)21(15)18/h4-8,13,20H,3,9-12H2,1-2H3,(H,22,24). The maximum absolute atomic E-state index is 11.4. The minimum Gasteiger partial charge on any atom is -0.326 e. The lowest BCUT2D eigenvalue weighted by Gasteiger charge is -2.41. The topological polar surface area (TPSA) is 32.3 Å². The van der Waals surface area contributed by atoms with Crippen LogP contribution in [0.1, 0.15) is 43.0 Å². The fraction of sp³-hybridized carbons (Fsp3) is 0.381. The van der Waals surface area contributed by atoms with Gasteiger partial charge in [0.25, 0.3) is 0 Å². The number of anilines is 1. The quantitative estimate of drug-likeness (QED) is 0.920. The van der Waals surface area contributed by atoms with Crippen molar-refractivity contribution in [2.75, 3.05) is 18.4 Å². The van der Waals surface area contributed by atoms with Gasteiger partial charge in [0.1, 0.15) is 0 Å². The van der Waals surface area contributed by atoms with Gasteiger partial charge in [-0.15, -0.1) is 0 Å². The molecule has 24 heavy (non-hydrogen) atoms. The van der Waals surface area contributed by atoms with Crippen LogP contribution in [0.4, 0.5) is 5.69 Å². The number of carbonyl (C=O) groups excluding carboxylic acids is 1. The minimum atomic E-state index is -0.0205. The molecule has 1 heterocycles. The van der Waals surface area contributed by atoms with Gasteiger partial charge in [-0.3, -0.25) is 9.69 Å². The molecule has 4 rings (SSSR count). The third-order valence-electron chi connectivity index (χ3n) is 5.28. The molecule has 1 aliphatic heterocycles. The summed E-state index contributed by atoms with van der Waals surface area (Å²) in [5.74, 6) is -0.0205. The van der Waals surface area contributed by atoms with Gasteiger partial charge < -0.3 is 5.32 Å². The molecule has 1 N–H and O–H groups in total. The number of benzene rings is 2. The second kappa shape index (κ2) is 6.06. The average Bonchev–Trinajstić information content (AvgIpc) is 2.57. The Morgan fingerprint density at radius 3 is 2.88 bits per heavy atom. The third-order valence-corrected chi connectivity index (χ3v) is 5.28. The van der Waals surface area contributed by atoms with Crippen molar-refractivity contribution < 1.29 is 4.79 Å². The number of rotatable bonds is 3. The number of nitrogens with one attached hydrogen (secondary N) is 1. The van der Waals surface area contributed by atoms with Gasteiger partial charge in [0.2, 0.25) is 5.91 Å². The van der Waals surface area contributed by atoms with Crippen LogP contribution >= 0.6 is 0 Å². The predicted octanol–water partition coefficient (Wildman–Crippen LogP) is 4.18. The average molecular weight is 320 g/mol. The molecule has 0 bridgehead atoms. The van der Waals surface area contributed by atoms with Gasteiger partial charge in [-0.1, -0.05) is 31.2 Å². The van der Waals surface area contributed by atoms with Crippen LogP contribution in [0.15, 0.2) is 36.4 Å². The van der Waals surface area contributed by atoms with Crippen LogP contribution in [-0.2, 0) is 17.6 Å². The summed E-state index contributed by atoms with van der Waals surface area (Å²) in [6.45, 7) is 6.15. The number of hydrogen-bond acceptors (Lipinski definition) is 2. The largest absolute Gasteiger partial charge is 0.326 e. The highest BCUT2D eigenvalue weighted by Gasteiger charge is 2.33. The Balaban J connectivity index is 1.83. The zero-order valence-electron chi connectivity index (χ0n) is 14.4. The van der Waals surface area contributed by atoms with E-state index >= 15 is 0 Å². The lowest BCUT2D eigenvalue weighted by molar-refractivity contribution is -0.114. The van der Waals surface area contributed by atoms with Crippen molar-refractivity contribution in [3.8, 4) is 11.1 Å². The van der Waals surface area contributed by atoms with Gasteiger partial charge in [-0.2, -0.15) is 0 Å². The number of nitrogens with zero attached hydrogens (tertiary/aromatic N) is 1. The maximum Gasteiger partial charge on any atom is 0.221 e. The van der Waals surface area contributed by atoms with E-state index < -0.39 is 0 Å². The molecule has 2 aliphatic rings. The number of hydrogen-bond donors (Lipinski definition) is 1. The molecule has 3 nitrogen and oxygen atoms in total. The molecule has 0 fully saturated rings. The SMILES string of the molecule is CCCN1CCc2cccc3c2C1Cc1ccc(NC(C)=O)cc1-3. The second-order valence-electron chi connectivity index (χ2n) is 6.94. The Kier molecular flexibility index (Phi) is 3.89. The lowest BCUT2D eigenvalue weighted by atomic mass is 9.77. The molecule has 2 aromatic carbocycles. The van der Waals surface area contributed by atoms with Gasteiger partial charge in [0, 0.05) is 25.2 Å². The van der Waals surface area contributed by atoms with Crippen LogP contribution in [0, 0.1) is 0 Å². The van der Waals surface area contributed by atoms with Crippen LogP contribution in [0.5, 0.6) is 0 Å². The van der Waals surface area contributed by atoms with Crippen LogP contribution in [0.3, 0.4) is 0 Å². The van der Waals surface area contributed by atoms with Crippen molar-refractivity contribution in [2.24, 2.45) is 0 Å². The predicted molar refractivity (Wildman–Crippen MR) is 98.2 cm³/mol. The summed E-state index contributed by atoms with van der Waals surface area (Å²) in [4.78, 5) is 14.0. The molecule has 0 spiro atoms. The summed E-state index contributed by atoms with van der Waals surface area (Å²) < 4.78 is 0. The molecule has 3 heteroatoms. The Morgan fingerprint density at radius 2 is 2.08 bits per heavy atom. The van der Waals surface area contributed by atoms with E-state index in [9.17, 15) is 4.79 Å². The van der Waals surface area contributed by atoms with Crippen molar-refractivity contribution in [1.82, 2.24) is 4.90 Å². The van der Waals surface area contributed by atoms with Crippen molar-refractivity contribution in [2.45, 2.75) is 39.2 Å². The van der Waals surface area contributed by atoms with Crippen molar-refractivity contribution >= 4 is 11.6 Å². The molecule has 1 amide bonds. The van der Waals surface area contributed by atoms with Crippen molar-refractivity contribution in [3.63, 3.8) is 0 Å². The van der Waals surface area contributed by atoms with E-state index in [2.05, 4.69) is 47.5 Å². The monoisotopic (exact) mass is 320 g/mol. The Morgan fingerprint density at radius 1 is 1.21 bits per heavy atom. The summed E-state index contributed by atoms with van der Waals surface area (Å²) in [6.07, 6.45) is 3.41. The Hall–Kier alpha value is -2.13. The Labute approximate surface area is 143 Å². The van der Waals surface area contributed by atoms with E-state index in [0.29, 0.717) is 6.04 Å². The van der Waals surface area contributed by atoms with E-state index in [1.54, 1.807) is 6.92 Å². The Bertz CT molecular complexity index is 796. The van der Waals surface area contributed by atoms with Crippen LogP contribution in [0.25, 0.3) is 11.1 Å². The molecule has 1 atom stereocenters. The fourth-order valence-electron chi connectivity index (χ4n) is 4.34. The minimum absolute atomic E-state index is 0.0205. The summed E-state index contributed by atoms with van der Waals surface area (Å²) in [7, 11) is 0. The van der Waals surface area contributed by atoms with Gasteiger partial charge in [0.05, 0.1) is 0 Å². The normalized spacial score (nSPS) is 18.7. The van der Waals surface area contributed by atoms with Gasteiger partial charge in [0.15, 0.2) is 0 Å². The van der Waals surface area contributed by atoms with Crippen LogP contribution in [0.2, 0.25) is 0 Å². The first-order valence-electron chi connectivity index (χ1n) is 8.94. The highest BCUT2D eigenvalue weighted by atomic mass is 16.1. The van der Waals surface area contributed by atoms with E-state index in [1.807, 2.05) is 6.07 Å². The van der Waals surface area contributed by atoms with Crippen LogP contribution in [-0.4, -0.2) is 23.9 Å². The van der Waals surface area contributed by atoms with Gasteiger partial charge in [-0.25, -0.2) is 0 Å². The third kappa shape index (κ3) is 2.53. The molecule has 0 saturated heterocycles. The number of amides is 1. The van der Waals surface area contributed by atoms with E-state index in [4.69, 9.17) is 0 Å². The smallest absolute Gasteiger partial charge is 0.221 e. The number of carbonyl (C=O) groups is 1. The molecule has 0 aromatic heterocycles. The summed E-state index contributed by atoms with van der Waals surface area (Å²) >= 11 is 0. The highest BCUT2D eigenvalue weighted by molar-refractivity contribution is 5.90. The van der Waals surface area contributed by atoms with E-state index in [-0.39, 0.29) is 5.91 Å². The van der Waals surface area contributed by atoms with Gasteiger partial charge >= 0.3 is 0 Å². The summed E-state index contributed by atoms with van der Waals surface area (Å²) in [5.41, 5.74) is 7.94. The first-order valence-corrected chi connectivity index (χ1v) is 8.94. The molecule has 1 unspecified atom stereocenters. The van der Waals surface area contributed by atoms with E-state index in [0.717, 1.165) is 31.6 Å². The molecule has 2 aromatic rings. The summed E-state index contributed by atoms with van der Waals surface area (Å²) in [5, 5.41) is 2.92. The van der Waals surface area contributed by atoms with Crippen molar-refractivity contribution in [1.29, 1.82) is 0 Å². The zero-order chi connectivity index (χ0) is 16.7. The maximum atomic E-state index is 11.4. The molecule has 124 valence electrons.